The number of para-hydroxylation sites is 2. The molecule has 0 saturated carbocycles. The molecule has 1 aromatic heterocycles. The van der Waals surface area contributed by atoms with Crippen LogP contribution in [0, 0.1) is 0 Å². The van der Waals surface area contributed by atoms with Gasteiger partial charge in [0.15, 0.2) is 6.23 Å². The van der Waals surface area contributed by atoms with Gasteiger partial charge in [-0.1, -0.05) is 55.8 Å². The zero-order valence-electron chi connectivity index (χ0n) is 17.8. The van der Waals surface area contributed by atoms with Gasteiger partial charge >= 0.3 is 6.09 Å². The lowest BCUT2D eigenvalue weighted by Crippen LogP contribution is -2.15. The Balaban J connectivity index is 1.62. The first-order chi connectivity index (χ1) is 15.6. The van der Waals surface area contributed by atoms with Crippen LogP contribution < -0.4 is 16.4 Å². The average molecular weight is 431 g/mol. The predicted molar refractivity (Wildman–Crippen MR) is 129 cm³/mol. The van der Waals surface area contributed by atoms with Gasteiger partial charge in [0.1, 0.15) is 0 Å². The van der Waals surface area contributed by atoms with E-state index in [2.05, 4.69) is 15.6 Å². The molecule has 164 valence electrons. The van der Waals surface area contributed by atoms with E-state index in [9.17, 15) is 9.90 Å². The summed E-state index contributed by atoms with van der Waals surface area (Å²) >= 11 is 0. The minimum absolute atomic E-state index is 0.373. The smallest absolute Gasteiger partial charge is 0.411 e. The van der Waals surface area contributed by atoms with Crippen LogP contribution in [0.15, 0.2) is 66.7 Å². The number of nitrogens with one attached hydrogen (secondary N) is 2. The molecule has 7 nitrogen and oxygen atoms in total. The Morgan fingerprint density at radius 3 is 2.72 bits per heavy atom. The number of benzene rings is 3. The Morgan fingerprint density at radius 2 is 1.88 bits per heavy atom. The number of ether oxygens (including phenoxy) is 1. The van der Waals surface area contributed by atoms with Crippen LogP contribution in [0.4, 0.5) is 21.9 Å². The second-order valence-corrected chi connectivity index (χ2v) is 7.53. The number of aliphatic hydroxyl groups is 1. The Hall–Kier alpha value is -3.84. The summed E-state index contributed by atoms with van der Waals surface area (Å²) in [5.41, 5.74) is 10.1. The summed E-state index contributed by atoms with van der Waals surface area (Å²) in [5.74, 6) is 0. The highest BCUT2D eigenvalue weighted by atomic mass is 16.5. The molecule has 0 aliphatic heterocycles. The number of carbonyl (C=O) groups is 1. The number of amides is 1. The molecule has 0 saturated heterocycles. The third-order valence-corrected chi connectivity index (χ3v) is 5.20. The van der Waals surface area contributed by atoms with Gasteiger partial charge in [0.2, 0.25) is 0 Å². The fourth-order valence-electron chi connectivity index (χ4n) is 3.56. The zero-order chi connectivity index (χ0) is 22.5. The van der Waals surface area contributed by atoms with Crippen LogP contribution in [0.2, 0.25) is 0 Å². The molecule has 7 heteroatoms. The fraction of sp³-hybridized carbons (Fsp3) is 0.200. The normalized spacial score (nSPS) is 11.9. The number of unbranched alkanes of at least 4 members (excludes halogenated alkanes) is 1. The van der Waals surface area contributed by atoms with Gasteiger partial charge in [0.25, 0.3) is 0 Å². The lowest BCUT2D eigenvalue weighted by atomic mass is 10.1. The topological polar surface area (TPSA) is 110 Å². The number of hydrogen-bond donors (Lipinski definition) is 4. The van der Waals surface area contributed by atoms with Crippen LogP contribution in [-0.4, -0.2) is 22.8 Å². The molecule has 0 bridgehead atoms. The number of fused-ring (bicyclic) bond motifs is 2. The van der Waals surface area contributed by atoms with E-state index in [0.717, 1.165) is 34.8 Å². The van der Waals surface area contributed by atoms with Crippen LogP contribution in [0.5, 0.6) is 0 Å². The van der Waals surface area contributed by atoms with E-state index in [-0.39, 0.29) is 0 Å². The Kier molecular flexibility index (Phi) is 6.37. The Morgan fingerprint density at radius 1 is 1.09 bits per heavy atom. The van der Waals surface area contributed by atoms with Crippen molar-refractivity contribution >= 4 is 45.0 Å². The highest BCUT2D eigenvalue weighted by Gasteiger charge is 2.15. The summed E-state index contributed by atoms with van der Waals surface area (Å²) in [7, 11) is 0. The number of carbonyl (C=O) groups excluding carboxylic acids is 1. The largest absolute Gasteiger partial charge is 0.449 e. The number of rotatable bonds is 7. The number of pyridine rings is 1. The molecule has 3 aromatic carbocycles. The van der Waals surface area contributed by atoms with Gasteiger partial charge in [-0.3, -0.25) is 5.32 Å². The summed E-state index contributed by atoms with van der Waals surface area (Å²) in [6.45, 7) is 2.40. The maximum Gasteiger partial charge on any atom is 0.411 e. The lowest BCUT2D eigenvalue weighted by Gasteiger charge is -2.19. The molecule has 4 rings (SSSR count). The fourth-order valence-corrected chi connectivity index (χ4v) is 3.56. The first kappa shape index (κ1) is 21.4. The minimum Gasteiger partial charge on any atom is -0.449 e. The van der Waals surface area contributed by atoms with Gasteiger partial charge in [0.05, 0.1) is 29.0 Å². The molecule has 1 heterocycles. The van der Waals surface area contributed by atoms with Crippen molar-refractivity contribution in [3.63, 3.8) is 0 Å². The van der Waals surface area contributed by atoms with Crippen molar-refractivity contribution in [1.29, 1.82) is 0 Å². The van der Waals surface area contributed by atoms with Gasteiger partial charge in [-0.15, -0.1) is 0 Å². The number of aromatic nitrogens is 1. The van der Waals surface area contributed by atoms with Crippen molar-refractivity contribution in [3.8, 4) is 0 Å². The summed E-state index contributed by atoms with van der Waals surface area (Å²) in [4.78, 5) is 16.6. The highest BCUT2D eigenvalue weighted by molar-refractivity contribution is 6.10. The molecule has 0 spiro atoms. The number of anilines is 3. The van der Waals surface area contributed by atoms with Crippen molar-refractivity contribution in [2.24, 2.45) is 0 Å². The van der Waals surface area contributed by atoms with E-state index in [0.29, 0.717) is 29.1 Å². The number of nitrogens with zero attached hydrogens (tertiary/aromatic N) is 1. The molecule has 32 heavy (non-hydrogen) atoms. The van der Waals surface area contributed by atoms with Crippen molar-refractivity contribution in [2.45, 2.75) is 26.0 Å². The second kappa shape index (κ2) is 9.53. The quantitative estimate of drug-likeness (QED) is 0.135. The summed E-state index contributed by atoms with van der Waals surface area (Å²) < 4.78 is 5.14. The van der Waals surface area contributed by atoms with E-state index in [1.807, 2.05) is 43.3 Å². The molecule has 1 atom stereocenters. The Bertz CT molecular complexity index is 1260. The third-order valence-electron chi connectivity index (χ3n) is 5.20. The molecule has 4 aromatic rings. The van der Waals surface area contributed by atoms with Gasteiger partial charge in [-0.05, 0) is 30.7 Å². The third kappa shape index (κ3) is 4.58. The van der Waals surface area contributed by atoms with E-state index >= 15 is 0 Å². The average Bonchev–Trinajstić information content (AvgIpc) is 2.80. The maximum absolute atomic E-state index is 12.0. The van der Waals surface area contributed by atoms with Crippen molar-refractivity contribution < 1.29 is 14.6 Å². The van der Waals surface area contributed by atoms with E-state index in [4.69, 9.17) is 10.5 Å². The molecule has 5 N–H and O–H groups in total. The Labute approximate surface area is 186 Å². The lowest BCUT2D eigenvalue weighted by molar-refractivity contribution is 0.160. The SMILES string of the molecule is CCCCOC(=O)Nc1cccc(C(O)Nc2c3ccccc3nc3c(N)cccc23)c1. The first-order valence-electron chi connectivity index (χ1n) is 10.6. The summed E-state index contributed by atoms with van der Waals surface area (Å²) in [5, 5.41) is 18.6. The second-order valence-electron chi connectivity index (χ2n) is 7.53. The highest BCUT2D eigenvalue weighted by Crippen LogP contribution is 2.35. The summed E-state index contributed by atoms with van der Waals surface area (Å²) in [6.07, 6.45) is 0.224. The predicted octanol–water partition coefficient (Wildman–Crippen LogP) is 5.42. The molecular formula is C25H26N4O3. The van der Waals surface area contributed by atoms with Crippen LogP contribution in [0.3, 0.4) is 0 Å². The van der Waals surface area contributed by atoms with Gasteiger partial charge in [0, 0.05) is 22.0 Å². The minimum atomic E-state index is -1.02. The molecule has 0 aliphatic rings. The molecule has 0 aliphatic carbocycles. The standard InChI is InChI=1S/C25H26N4O3/c1-2-3-14-32-25(31)27-17-9-6-8-16(15-17)24(30)29-22-18-10-4-5-13-21(18)28-23-19(22)11-7-12-20(23)26/h4-13,15,24,30H,2-3,14,26H2,1H3,(H,27,31)(H,28,29). The van der Waals surface area contributed by atoms with Gasteiger partial charge < -0.3 is 20.9 Å². The molecule has 1 unspecified atom stereocenters. The molecule has 0 radical (unpaired) electrons. The zero-order valence-corrected chi connectivity index (χ0v) is 17.8. The van der Waals surface area contributed by atoms with Gasteiger partial charge in [-0.2, -0.15) is 0 Å². The van der Waals surface area contributed by atoms with Gasteiger partial charge in [-0.25, -0.2) is 9.78 Å². The molecular weight excluding hydrogens is 404 g/mol. The van der Waals surface area contributed by atoms with Crippen LogP contribution in [0.25, 0.3) is 21.8 Å². The molecule has 0 fully saturated rings. The first-order valence-corrected chi connectivity index (χ1v) is 10.6. The summed E-state index contributed by atoms with van der Waals surface area (Å²) in [6, 6.07) is 20.3. The van der Waals surface area contributed by atoms with Crippen LogP contribution in [-0.2, 0) is 4.74 Å². The van der Waals surface area contributed by atoms with Crippen LogP contribution >= 0.6 is 0 Å². The van der Waals surface area contributed by atoms with E-state index in [1.165, 1.54) is 0 Å². The monoisotopic (exact) mass is 430 g/mol. The van der Waals surface area contributed by atoms with Crippen molar-refractivity contribution in [2.75, 3.05) is 23.0 Å². The van der Waals surface area contributed by atoms with Crippen molar-refractivity contribution in [1.82, 2.24) is 4.98 Å². The van der Waals surface area contributed by atoms with E-state index in [1.54, 1.807) is 30.3 Å². The number of hydrogen-bond acceptors (Lipinski definition) is 6. The van der Waals surface area contributed by atoms with E-state index < -0.39 is 12.3 Å². The number of aliphatic hydroxyl groups excluding tert-OH is 1. The maximum atomic E-state index is 12.0. The van der Waals surface area contributed by atoms with Crippen molar-refractivity contribution in [3.05, 3.63) is 72.3 Å². The molecule has 1 amide bonds. The number of nitrogen functional groups attached to an aromatic ring is 1. The van der Waals surface area contributed by atoms with Crippen LogP contribution in [0.1, 0.15) is 31.6 Å². The number of nitrogens with two attached hydrogens (primary N) is 1.